The highest BCUT2D eigenvalue weighted by atomic mass is 35.5. The molecule has 194 valence electrons. The summed E-state index contributed by atoms with van der Waals surface area (Å²) in [6, 6.07) is 5.50. The van der Waals surface area contributed by atoms with Crippen molar-refractivity contribution in [3.05, 3.63) is 46.5 Å². The molecule has 2 saturated heterocycles. The number of aromatic nitrogens is 3. The molecule has 4 atom stereocenters. The van der Waals surface area contributed by atoms with Crippen LogP contribution in [-0.2, 0) is 20.8 Å². The molecule has 9 nitrogen and oxygen atoms in total. The lowest BCUT2D eigenvalue weighted by Crippen LogP contribution is -2.36. The molecule has 0 spiro atoms. The fourth-order valence-electron chi connectivity index (χ4n) is 4.23. The molecule has 1 aromatic carbocycles. The number of aliphatic hydroxyl groups is 1. The van der Waals surface area contributed by atoms with Gasteiger partial charge in [-0.2, -0.15) is 4.98 Å². The first-order chi connectivity index (χ1) is 17.2. The number of anilines is 1. The molecule has 1 unspecified atom stereocenters. The van der Waals surface area contributed by atoms with Crippen LogP contribution in [0.15, 0.2) is 24.3 Å². The van der Waals surface area contributed by atoms with Crippen molar-refractivity contribution in [2.75, 3.05) is 25.1 Å². The number of H-pyrrole nitrogens is 1. The maximum absolute atomic E-state index is 13.9. The summed E-state index contributed by atoms with van der Waals surface area (Å²) in [6.45, 7) is 4.40. The number of nitrogens with zero attached hydrogens (tertiary/aromatic N) is 2. The largest absolute Gasteiger partial charge is 0.456 e. The van der Waals surface area contributed by atoms with Gasteiger partial charge in [0.05, 0.1) is 29.4 Å². The van der Waals surface area contributed by atoms with Gasteiger partial charge in [-0.3, -0.25) is 0 Å². The molecule has 0 aliphatic carbocycles. The van der Waals surface area contributed by atoms with E-state index in [0.29, 0.717) is 37.4 Å². The van der Waals surface area contributed by atoms with E-state index in [1.165, 1.54) is 18.2 Å². The van der Waals surface area contributed by atoms with Gasteiger partial charge in [0.2, 0.25) is 0 Å². The normalized spacial score (nSPS) is 23.8. The van der Waals surface area contributed by atoms with Crippen LogP contribution in [0.2, 0.25) is 5.02 Å². The van der Waals surface area contributed by atoms with Gasteiger partial charge >= 0.3 is 0 Å². The summed E-state index contributed by atoms with van der Waals surface area (Å²) in [6.07, 6.45) is -0.745. The molecule has 5 rings (SSSR count). The van der Waals surface area contributed by atoms with Gasteiger partial charge in [0.1, 0.15) is 35.8 Å². The van der Waals surface area contributed by atoms with Crippen molar-refractivity contribution in [1.82, 2.24) is 15.0 Å². The lowest BCUT2D eigenvalue weighted by Gasteiger charge is -2.20. The van der Waals surface area contributed by atoms with E-state index in [2.05, 4.69) is 20.3 Å². The number of benzene rings is 1. The highest BCUT2D eigenvalue weighted by Gasteiger charge is 2.50. The summed E-state index contributed by atoms with van der Waals surface area (Å²) in [5.74, 6) is -1.09. The third-order valence-electron chi connectivity index (χ3n) is 6.17. The minimum atomic E-state index is -0.803. The molecule has 2 aliphatic heterocycles. The van der Waals surface area contributed by atoms with Crippen LogP contribution in [0, 0.1) is 11.6 Å². The van der Waals surface area contributed by atoms with Crippen molar-refractivity contribution in [1.29, 1.82) is 0 Å². The summed E-state index contributed by atoms with van der Waals surface area (Å²) < 4.78 is 51.5. The van der Waals surface area contributed by atoms with Gasteiger partial charge < -0.3 is 34.4 Å². The summed E-state index contributed by atoms with van der Waals surface area (Å²) >= 11 is 6.32. The molecule has 2 aromatic heterocycles. The molecular weight excluding hydrogens is 498 g/mol. The third kappa shape index (κ3) is 5.40. The number of hydrogen-bond acceptors (Lipinski definition) is 8. The van der Waals surface area contributed by atoms with E-state index < -0.39 is 23.3 Å². The lowest BCUT2D eigenvalue weighted by atomic mass is 10.1. The topological polar surface area (TPSA) is 111 Å². The first-order valence-corrected chi connectivity index (χ1v) is 12.0. The zero-order valence-corrected chi connectivity index (χ0v) is 20.5. The summed E-state index contributed by atoms with van der Waals surface area (Å²) in [5, 5.41) is 13.0. The average Bonchev–Trinajstić information content (AvgIpc) is 3.49. The smallest absolute Gasteiger partial charge is 0.296 e. The zero-order valence-electron chi connectivity index (χ0n) is 19.8. The zero-order chi connectivity index (χ0) is 25.4. The second-order valence-electron chi connectivity index (χ2n) is 9.51. The van der Waals surface area contributed by atoms with Crippen LogP contribution < -0.4 is 10.1 Å². The Morgan fingerprint density at radius 3 is 2.58 bits per heavy atom. The number of rotatable bonds is 9. The van der Waals surface area contributed by atoms with Gasteiger partial charge in [0, 0.05) is 18.7 Å². The number of aromatic amines is 1. The summed E-state index contributed by atoms with van der Waals surface area (Å²) in [4.78, 5) is 11.8. The molecule has 4 heterocycles. The third-order valence-corrected chi connectivity index (χ3v) is 6.46. The molecule has 0 amide bonds. The quantitative estimate of drug-likeness (QED) is 0.389. The first kappa shape index (κ1) is 25.1. The first-order valence-electron chi connectivity index (χ1n) is 11.6. The number of fused-ring (bicyclic) bond motifs is 2. The molecule has 12 heteroatoms. The van der Waals surface area contributed by atoms with E-state index in [4.69, 9.17) is 30.5 Å². The van der Waals surface area contributed by atoms with Crippen molar-refractivity contribution in [2.24, 2.45) is 0 Å². The van der Waals surface area contributed by atoms with Gasteiger partial charge in [0.15, 0.2) is 11.8 Å². The minimum Gasteiger partial charge on any atom is -0.456 e. The number of nitrogens with one attached hydrogen (secondary N) is 2. The Kier molecular flexibility index (Phi) is 7.01. The van der Waals surface area contributed by atoms with Gasteiger partial charge in [-0.25, -0.2) is 13.8 Å². The van der Waals surface area contributed by atoms with Crippen LogP contribution in [-0.4, -0.2) is 69.9 Å². The van der Waals surface area contributed by atoms with E-state index in [1.54, 1.807) is 19.9 Å². The van der Waals surface area contributed by atoms with Gasteiger partial charge in [-0.1, -0.05) is 17.7 Å². The number of halogens is 3. The minimum absolute atomic E-state index is 0.115. The van der Waals surface area contributed by atoms with E-state index >= 15 is 0 Å². The van der Waals surface area contributed by atoms with Crippen molar-refractivity contribution < 1.29 is 32.8 Å². The van der Waals surface area contributed by atoms with Gasteiger partial charge in [-0.15, -0.1) is 0 Å². The van der Waals surface area contributed by atoms with Crippen LogP contribution >= 0.6 is 11.6 Å². The monoisotopic (exact) mass is 524 g/mol. The molecule has 2 aliphatic rings. The van der Waals surface area contributed by atoms with Crippen LogP contribution in [0.4, 0.5) is 14.6 Å². The Morgan fingerprint density at radius 2 is 1.86 bits per heavy atom. The Labute approximate surface area is 211 Å². The van der Waals surface area contributed by atoms with Gasteiger partial charge in [-0.05, 0) is 38.5 Å². The Hall–Kier alpha value is -2.57. The van der Waals surface area contributed by atoms with Crippen molar-refractivity contribution >= 4 is 28.6 Å². The van der Waals surface area contributed by atoms with Crippen LogP contribution in [0.25, 0.3) is 11.2 Å². The van der Waals surface area contributed by atoms with E-state index in [9.17, 15) is 13.9 Å². The number of hydrogen-bond donors (Lipinski definition) is 3. The Balaban J connectivity index is 1.22. The number of imidazole rings is 1. The number of pyridine rings is 1. The molecule has 3 aromatic rings. The van der Waals surface area contributed by atoms with Crippen LogP contribution in [0.5, 0.6) is 6.01 Å². The molecular formula is C24H27ClF2N4O5. The SMILES string of the molecule is CC(C)(O)CCO[C@@H]1COC2[C@H](Oc3nc4nc(NCc5c(F)cccc5F)c(Cl)cc4[nH]3)CO[C@@H]21. The average molecular weight is 525 g/mol. The fraction of sp³-hybridized carbons (Fsp3) is 0.500. The van der Waals surface area contributed by atoms with Crippen molar-refractivity contribution in [3.63, 3.8) is 0 Å². The second kappa shape index (κ2) is 10.1. The number of ether oxygens (including phenoxy) is 4. The lowest BCUT2D eigenvalue weighted by molar-refractivity contribution is -0.0525. The van der Waals surface area contributed by atoms with Crippen molar-refractivity contribution in [2.45, 2.75) is 56.8 Å². The second-order valence-corrected chi connectivity index (χ2v) is 9.92. The van der Waals surface area contributed by atoms with E-state index in [1.807, 2.05) is 0 Å². The van der Waals surface area contributed by atoms with Gasteiger partial charge in [0.25, 0.3) is 6.01 Å². The van der Waals surface area contributed by atoms with Crippen molar-refractivity contribution in [3.8, 4) is 6.01 Å². The maximum atomic E-state index is 13.9. The molecule has 0 radical (unpaired) electrons. The maximum Gasteiger partial charge on any atom is 0.296 e. The molecule has 0 saturated carbocycles. The standard InChI is InChI=1S/C24H27ClF2N4O5/c1-24(2,32)6-7-33-17-10-34-20-18(11-35-19(17)20)36-23-29-16-8-13(25)21(30-22(16)31-23)28-9-12-14(26)4-3-5-15(12)27/h3-5,8,17-20,32H,6-7,9-11H2,1-2H3,(H2,28,29,30,31)/t17-,18-,19-,20?/m1/s1. The Bertz CT molecular complexity index is 1220. The van der Waals surface area contributed by atoms with E-state index in [-0.39, 0.29) is 47.3 Å². The van der Waals surface area contributed by atoms with Crippen LogP contribution in [0.1, 0.15) is 25.8 Å². The predicted octanol–water partition coefficient (Wildman–Crippen LogP) is 3.59. The molecule has 2 fully saturated rings. The molecule has 3 N–H and O–H groups in total. The molecule has 36 heavy (non-hydrogen) atoms. The summed E-state index contributed by atoms with van der Waals surface area (Å²) in [7, 11) is 0. The highest BCUT2D eigenvalue weighted by molar-refractivity contribution is 6.33. The van der Waals surface area contributed by atoms with Crippen LogP contribution in [0.3, 0.4) is 0 Å². The Morgan fingerprint density at radius 1 is 1.17 bits per heavy atom. The molecule has 0 bridgehead atoms. The predicted molar refractivity (Wildman–Crippen MR) is 127 cm³/mol. The van der Waals surface area contributed by atoms with E-state index in [0.717, 1.165) is 0 Å². The highest BCUT2D eigenvalue weighted by Crippen LogP contribution is 2.32. The fourth-order valence-corrected chi connectivity index (χ4v) is 4.44. The summed E-state index contributed by atoms with van der Waals surface area (Å²) in [5.41, 5.74) is -0.0613.